The van der Waals surface area contributed by atoms with Crippen molar-refractivity contribution in [3.63, 3.8) is 0 Å². The molecule has 0 aliphatic carbocycles. The van der Waals surface area contributed by atoms with Gasteiger partial charge in [0.25, 0.3) is 0 Å². The van der Waals surface area contributed by atoms with Crippen molar-refractivity contribution in [2.24, 2.45) is 0 Å². The second-order valence-corrected chi connectivity index (χ2v) is 6.95. The number of halogens is 1. The van der Waals surface area contributed by atoms with Gasteiger partial charge in [0.1, 0.15) is 0 Å². The van der Waals surface area contributed by atoms with Crippen molar-refractivity contribution in [3.05, 3.63) is 56.2 Å². The highest BCUT2D eigenvalue weighted by Crippen LogP contribution is 2.19. The van der Waals surface area contributed by atoms with Crippen LogP contribution in [0.5, 0.6) is 0 Å². The molecule has 1 atom stereocenters. The minimum Gasteiger partial charge on any atom is -0.309 e. The maximum absolute atomic E-state index is 3.59. The SMILES string of the molecule is Cc1cccc(CCC(C)NCc2cc(Br)cs2)c1. The zero-order valence-corrected chi connectivity index (χ0v) is 13.9. The smallest absolute Gasteiger partial charge is 0.0302 e. The van der Waals surface area contributed by atoms with E-state index in [4.69, 9.17) is 0 Å². The van der Waals surface area contributed by atoms with E-state index in [0.717, 1.165) is 13.0 Å². The number of hydrogen-bond acceptors (Lipinski definition) is 2. The van der Waals surface area contributed by atoms with Gasteiger partial charge >= 0.3 is 0 Å². The molecule has 0 aliphatic rings. The van der Waals surface area contributed by atoms with E-state index in [1.54, 1.807) is 11.3 Å². The molecule has 1 unspecified atom stereocenters. The molecule has 2 aromatic rings. The average Bonchev–Trinajstić information content (AvgIpc) is 2.80. The van der Waals surface area contributed by atoms with Gasteiger partial charge < -0.3 is 5.32 Å². The Morgan fingerprint density at radius 2 is 2.16 bits per heavy atom. The predicted molar refractivity (Wildman–Crippen MR) is 87.8 cm³/mol. The molecule has 3 heteroatoms. The van der Waals surface area contributed by atoms with Gasteiger partial charge in [0.2, 0.25) is 0 Å². The minimum absolute atomic E-state index is 0.543. The fraction of sp³-hybridized carbons (Fsp3) is 0.375. The molecule has 1 aromatic heterocycles. The monoisotopic (exact) mass is 337 g/mol. The molecule has 0 saturated heterocycles. The van der Waals surface area contributed by atoms with Crippen LogP contribution in [-0.4, -0.2) is 6.04 Å². The molecule has 2 rings (SSSR count). The molecule has 1 aromatic carbocycles. The van der Waals surface area contributed by atoms with Crippen LogP contribution in [-0.2, 0) is 13.0 Å². The third-order valence-corrected chi connectivity index (χ3v) is 4.89. The predicted octanol–water partition coefficient (Wildman–Crippen LogP) is 4.93. The third-order valence-electron chi connectivity index (χ3n) is 3.20. The molecule has 0 saturated carbocycles. The first-order chi connectivity index (χ1) is 9.13. The second kappa shape index (κ2) is 7.22. The summed E-state index contributed by atoms with van der Waals surface area (Å²) in [5.41, 5.74) is 2.79. The van der Waals surface area contributed by atoms with Gasteiger partial charge in [-0.1, -0.05) is 29.8 Å². The Bertz CT molecular complexity index is 521. The molecule has 1 N–H and O–H groups in total. The topological polar surface area (TPSA) is 12.0 Å². The number of rotatable bonds is 6. The van der Waals surface area contributed by atoms with Crippen molar-refractivity contribution >= 4 is 27.3 Å². The molecule has 0 aliphatic heterocycles. The lowest BCUT2D eigenvalue weighted by Gasteiger charge is -2.13. The zero-order chi connectivity index (χ0) is 13.7. The first kappa shape index (κ1) is 14.8. The molecule has 0 fully saturated rings. The zero-order valence-electron chi connectivity index (χ0n) is 11.4. The van der Waals surface area contributed by atoms with Crippen molar-refractivity contribution in [1.82, 2.24) is 5.32 Å². The highest BCUT2D eigenvalue weighted by molar-refractivity contribution is 9.10. The maximum Gasteiger partial charge on any atom is 0.0302 e. The quantitative estimate of drug-likeness (QED) is 0.787. The van der Waals surface area contributed by atoms with Crippen LogP contribution in [0.3, 0.4) is 0 Å². The summed E-state index contributed by atoms with van der Waals surface area (Å²) in [4.78, 5) is 1.38. The van der Waals surface area contributed by atoms with Crippen molar-refractivity contribution in [2.75, 3.05) is 0 Å². The summed E-state index contributed by atoms with van der Waals surface area (Å²) in [7, 11) is 0. The van der Waals surface area contributed by atoms with E-state index in [9.17, 15) is 0 Å². The van der Waals surface area contributed by atoms with Crippen LogP contribution in [0.2, 0.25) is 0 Å². The van der Waals surface area contributed by atoms with Gasteiger partial charge in [-0.3, -0.25) is 0 Å². The van der Waals surface area contributed by atoms with E-state index in [2.05, 4.69) is 70.8 Å². The summed E-state index contributed by atoms with van der Waals surface area (Å²) in [5, 5.41) is 5.72. The highest BCUT2D eigenvalue weighted by Gasteiger charge is 2.04. The molecule has 1 heterocycles. The molecular formula is C16H20BrNS. The molecule has 102 valence electrons. The van der Waals surface area contributed by atoms with Crippen LogP contribution in [0.1, 0.15) is 29.3 Å². The fourth-order valence-corrected chi connectivity index (χ4v) is 3.48. The molecular weight excluding hydrogens is 318 g/mol. The van der Waals surface area contributed by atoms with Gasteiger partial charge in [0.15, 0.2) is 0 Å². The van der Waals surface area contributed by atoms with E-state index in [1.807, 2.05) is 0 Å². The van der Waals surface area contributed by atoms with Crippen LogP contribution in [0.4, 0.5) is 0 Å². The summed E-state index contributed by atoms with van der Waals surface area (Å²) in [6, 6.07) is 11.5. The molecule has 19 heavy (non-hydrogen) atoms. The Morgan fingerprint density at radius 3 is 2.84 bits per heavy atom. The van der Waals surface area contributed by atoms with Crippen LogP contribution in [0, 0.1) is 6.92 Å². The third kappa shape index (κ3) is 5.09. The van der Waals surface area contributed by atoms with Crippen LogP contribution < -0.4 is 5.32 Å². The van der Waals surface area contributed by atoms with Gasteiger partial charge in [0, 0.05) is 27.3 Å². The van der Waals surface area contributed by atoms with E-state index < -0.39 is 0 Å². The van der Waals surface area contributed by atoms with Crippen LogP contribution >= 0.6 is 27.3 Å². The van der Waals surface area contributed by atoms with Gasteiger partial charge in [-0.2, -0.15) is 0 Å². The van der Waals surface area contributed by atoms with Crippen molar-refractivity contribution in [3.8, 4) is 0 Å². The Morgan fingerprint density at radius 1 is 1.32 bits per heavy atom. The van der Waals surface area contributed by atoms with Gasteiger partial charge in [-0.15, -0.1) is 11.3 Å². The normalized spacial score (nSPS) is 12.6. The summed E-state index contributed by atoms with van der Waals surface area (Å²) in [6.45, 7) is 5.38. The van der Waals surface area contributed by atoms with Crippen molar-refractivity contribution < 1.29 is 0 Å². The molecule has 0 radical (unpaired) electrons. The summed E-state index contributed by atoms with van der Waals surface area (Å²) < 4.78 is 1.18. The summed E-state index contributed by atoms with van der Waals surface area (Å²) >= 11 is 5.29. The van der Waals surface area contributed by atoms with Crippen LogP contribution in [0.25, 0.3) is 0 Å². The number of benzene rings is 1. The highest BCUT2D eigenvalue weighted by atomic mass is 79.9. The van der Waals surface area contributed by atoms with Gasteiger partial charge in [-0.05, 0) is 54.2 Å². The molecule has 0 amide bonds. The van der Waals surface area contributed by atoms with Crippen LogP contribution in [0.15, 0.2) is 40.2 Å². The van der Waals surface area contributed by atoms with E-state index in [1.165, 1.54) is 26.9 Å². The Hall–Kier alpha value is -0.640. The minimum atomic E-state index is 0.543. The number of aryl methyl sites for hydroxylation is 2. The average molecular weight is 338 g/mol. The lowest BCUT2D eigenvalue weighted by atomic mass is 10.0. The van der Waals surface area contributed by atoms with Crippen molar-refractivity contribution in [2.45, 2.75) is 39.3 Å². The standard InChI is InChI=1S/C16H20BrNS/c1-12-4-3-5-14(8-12)7-6-13(2)18-10-16-9-15(17)11-19-16/h3-5,8-9,11,13,18H,6-7,10H2,1-2H3. The largest absolute Gasteiger partial charge is 0.309 e. The van der Waals surface area contributed by atoms with E-state index in [0.29, 0.717) is 6.04 Å². The Kier molecular flexibility index (Phi) is 5.61. The first-order valence-corrected chi connectivity index (χ1v) is 8.32. The number of hydrogen-bond donors (Lipinski definition) is 1. The molecule has 0 spiro atoms. The van der Waals surface area contributed by atoms with E-state index >= 15 is 0 Å². The molecule has 0 bridgehead atoms. The lowest BCUT2D eigenvalue weighted by molar-refractivity contribution is 0.516. The lowest BCUT2D eigenvalue weighted by Crippen LogP contribution is -2.25. The summed E-state index contributed by atoms with van der Waals surface area (Å²) in [6.07, 6.45) is 2.32. The fourth-order valence-electron chi connectivity index (χ4n) is 2.07. The molecule has 1 nitrogen and oxygen atoms in total. The maximum atomic E-state index is 3.59. The van der Waals surface area contributed by atoms with Gasteiger partial charge in [0.05, 0.1) is 0 Å². The number of nitrogens with one attached hydrogen (secondary N) is 1. The summed E-state index contributed by atoms with van der Waals surface area (Å²) in [5.74, 6) is 0. The van der Waals surface area contributed by atoms with E-state index in [-0.39, 0.29) is 0 Å². The van der Waals surface area contributed by atoms with Gasteiger partial charge in [-0.25, -0.2) is 0 Å². The number of thiophene rings is 1. The van der Waals surface area contributed by atoms with Crippen molar-refractivity contribution in [1.29, 1.82) is 0 Å². The second-order valence-electron chi connectivity index (χ2n) is 5.04. The Balaban J connectivity index is 1.74. The Labute approximate surface area is 128 Å². The first-order valence-electron chi connectivity index (χ1n) is 6.65.